The van der Waals surface area contributed by atoms with E-state index in [1.54, 1.807) is 0 Å². The van der Waals surface area contributed by atoms with Crippen LogP contribution in [0.15, 0.2) is 0 Å². The van der Waals surface area contributed by atoms with Gasteiger partial charge in [-0.1, -0.05) is 0 Å². The first-order chi connectivity index (χ1) is 6.66. The summed E-state index contributed by atoms with van der Waals surface area (Å²) >= 11 is 0. The van der Waals surface area contributed by atoms with Crippen LogP contribution in [0.5, 0.6) is 0 Å². The summed E-state index contributed by atoms with van der Waals surface area (Å²) in [5.74, 6) is -2.76. The molecule has 0 fully saturated rings. The predicted octanol–water partition coefficient (Wildman–Crippen LogP) is 1.34. The lowest BCUT2D eigenvalue weighted by molar-refractivity contribution is -0.285. The van der Waals surface area contributed by atoms with E-state index in [1.807, 2.05) is 0 Å². The first-order valence-corrected chi connectivity index (χ1v) is 3.69. The Balaban J connectivity index is 4.45. The standard InChI is InChI=1S/C7H8F4O4/c1-3(12)14-6(9)5(8)7(10,11)15-4(2)13/h5-6H,1-2H3. The van der Waals surface area contributed by atoms with Crippen molar-refractivity contribution >= 4 is 11.9 Å². The minimum absolute atomic E-state index is 0.597. The fourth-order valence-electron chi connectivity index (χ4n) is 0.619. The average Bonchev–Trinajstić information content (AvgIpc) is 1.98. The van der Waals surface area contributed by atoms with E-state index >= 15 is 0 Å². The molecular weight excluding hydrogens is 224 g/mol. The Morgan fingerprint density at radius 3 is 1.93 bits per heavy atom. The van der Waals surface area contributed by atoms with Crippen molar-refractivity contribution in [3.63, 3.8) is 0 Å². The van der Waals surface area contributed by atoms with E-state index in [0.29, 0.717) is 13.8 Å². The molecule has 0 aromatic heterocycles. The number of halogens is 4. The zero-order chi connectivity index (χ0) is 12.2. The molecule has 0 aliphatic rings. The van der Waals surface area contributed by atoms with Gasteiger partial charge in [-0.05, 0) is 0 Å². The molecule has 2 atom stereocenters. The molecule has 0 aliphatic heterocycles. The Kier molecular flexibility index (Phi) is 4.50. The molecule has 0 aromatic carbocycles. The lowest BCUT2D eigenvalue weighted by Crippen LogP contribution is -2.42. The van der Waals surface area contributed by atoms with E-state index in [1.165, 1.54) is 0 Å². The Morgan fingerprint density at radius 1 is 1.13 bits per heavy atom. The monoisotopic (exact) mass is 232 g/mol. The minimum Gasteiger partial charge on any atom is -0.428 e. The summed E-state index contributed by atoms with van der Waals surface area (Å²) in [5.41, 5.74) is 0. The van der Waals surface area contributed by atoms with Crippen LogP contribution in [0.3, 0.4) is 0 Å². The highest BCUT2D eigenvalue weighted by Gasteiger charge is 2.50. The molecule has 0 amide bonds. The minimum atomic E-state index is -4.68. The van der Waals surface area contributed by atoms with Crippen LogP contribution in [0.1, 0.15) is 13.8 Å². The van der Waals surface area contributed by atoms with Gasteiger partial charge >= 0.3 is 18.0 Å². The summed E-state index contributed by atoms with van der Waals surface area (Å²) in [4.78, 5) is 20.2. The van der Waals surface area contributed by atoms with Gasteiger partial charge in [-0.15, -0.1) is 0 Å². The third-order valence-electron chi connectivity index (χ3n) is 1.11. The van der Waals surface area contributed by atoms with Crippen LogP contribution >= 0.6 is 0 Å². The molecule has 4 nitrogen and oxygen atoms in total. The summed E-state index contributed by atoms with van der Waals surface area (Å²) in [6.45, 7) is 1.31. The van der Waals surface area contributed by atoms with Crippen molar-refractivity contribution < 1.29 is 36.6 Å². The summed E-state index contributed by atoms with van der Waals surface area (Å²) < 4.78 is 56.9. The van der Waals surface area contributed by atoms with Gasteiger partial charge in [0.2, 0.25) is 0 Å². The van der Waals surface area contributed by atoms with Crippen molar-refractivity contribution in [3.8, 4) is 0 Å². The summed E-state index contributed by atoms with van der Waals surface area (Å²) in [6.07, 6.45) is -11.4. The molecule has 0 saturated carbocycles. The second-order valence-electron chi connectivity index (χ2n) is 2.52. The van der Waals surface area contributed by atoms with Crippen molar-refractivity contribution in [2.45, 2.75) is 32.5 Å². The molecule has 0 radical (unpaired) electrons. The van der Waals surface area contributed by atoms with Crippen molar-refractivity contribution in [1.29, 1.82) is 0 Å². The second-order valence-corrected chi connectivity index (χ2v) is 2.52. The highest BCUT2D eigenvalue weighted by Crippen LogP contribution is 2.27. The summed E-state index contributed by atoms with van der Waals surface area (Å²) in [6, 6.07) is 0. The van der Waals surface area contributed by atoms with Crippen molar-refractivity contribution in [3.05, 3.63) is 0 Å². The van der Waals surface area contributed by atoms with Gasteiger partial charge in [0.05, 0.1) is 0 Å². The largest absolute Gasteiger partial charge is 0.438 e. The van der Waals surface area contributed by atoms with E-state index < -0.39 is 30.6 Å². The second kappa shape index (κ2) is 4.94. The van der Waals surface area contributed by atoms with Gasteiger partial charge in [0.25, 0.3) is 12.5 Å². The maximum absolute atomic E-state index is 12.6. The number of ether oxygens (including phenoxy) is 2. The quantitative estimate of drug-likeness (QED) is 0.542. The van der Waals surface area contributed by atoms with Crippen LogP contribution in [-0.2, 0) is 19.1 Å². The van der Waals surface area contributed by atoms with Crippen molar-refractivity contribution in [2.75, 3.05) is 0 Å². The Hall–Kier alpha value is -1.34. The first-order valence-electron chi connectivity index (χ1n) is 3.69. The lowest BCUT2D eigenvalue weighted by atomic mass is 10.3. The molecule has 0 aromatic rings. The Labute approximate surface area is 82.1 Å². The van der Waals surface area contributed by atoms with Crippen LogP contribution < -0.4 is 0 Å². The number of hydrogen-bond donors (Lipinski definition) is 0. The Morgan fingerprint density at radius 2 is 1.60 bits per heavy atom. The van der Waals surface area contributed by atoms with Crippen molar-refractivity contribution in [1.82, 2.24) is 0 Å². The molecule has 0 heterocycles. The van der Waals surface area contributed by atoms with E-state index in [4.69, 9.17) is 0 Å². The predicted molar refractivity (Wildman–Crippen MR) is 38.3 cm³/mol. The summed E-state index contributed by atoms with van der Waals surface area (Å²) in [5, 5.41) is 0. The number of hydrogen-bond acceptors (Lipinski definition) is 4. The lowest BCUT2D eigenvalue weighted by Gasteiger charge is -2.21. The van der Waals surface area contributed by atoms with E-state index in [2.05, 4.69) is 9.47 Å². The van der Waals surface area contributed by atoms with E-state index in [-0.39, 0.29) is 0 Å². The molecular formula is C7H8F4O4. The maximum atomic E-state index is 12.6. The smallest absolute Gasteiger partial charge is 0.428 e. The number of alkyl halides is 4. The van der Waals surface area contributed by atoms with Gasteiger partial charge in [-0.25, -0.2) is 4.39 Å². The van der Waals surface area contributed by atoms with Crippen LogP contribution in [0.2, 0.25) is 0 Å². The third kappa shape index (κ3) is 4.61. The van der Waals surface area contributed by atoms with Crippen LogP contribution in [0.4, 0.5) is 17.6 Å². The number of esters is 2. The first kappa shape index (κ1) is 13.7. The molecule has 88 valence electrons. The number of carbonyl (C=O) groups is 2. The molecule has 15 heavy (non-hydrogen) atoms. The van der Waals surface area contributed by atoms with Crippen LogP contribution in [0.25, 0.3) is 0 Å². The van der Waals surface area contributed by atoms with Crippen molar-refractivity contribution in [2.24, 2.45) is 0 Å². The van der Waals surface area contributed by atoms with Gasteiger partial charge in [-0.3, -0.25) is 9.59 Å². The molecule has 8 heteroatoms. The molecule has 0 spiro atoms. The third-order valence-corrected chi connectivity index (χ3v) is 1.11. The van der Waals surface area contributed by atoms with Gasteiger partial charge in [0, 0.05) is 13.8 Å². The SMILES string of the molecule is CC(=O)OC(F)C(F)C(F)(F)OC(C)=O. The number of carbonyl (C=O) groups excluding carboxylic acids is 2. The topological polar surface area (TPSA) is 52.6 Å². The molecule has 0 rings (SSSR count). The zero-order valence-corrected chi connectivity index (χ0v) is 7.80. The average molecular weight is 232 g/mol. The molecule has 0 aliphatic carbocycles. The van der Waals surface area contributed by atoms with Crippen LogP contribution in [-0.4, -0.2) is 30.6 Å². The molecule has 0 bridgehead atoms. The molecule has 0 saturated heterocycles. The maximum Gasteiger partial charge on any atom is 0.438 e. The van der Waals surface area contributed by atoms with Gasteiger partial charge in [-0.2, -0.15) is 13.2 Å². The van der Waals surface area contributed by atoms with E-state index in [9.17, 15) is 27.2 Å². The molecule has 2 unspecified atom stereocenters. The van der Waals surface area contributed by atoms with Gasteiger partial charge < -0.3 is 9.47 Å². The highest BCUT2D eigenvalue weighted by molar-refractivity contribution is 5.66. The van der Waals surface area contributed by atoms with Gasteiger partial charge in [0.15, 0.2) is 0 Å². The fraction of sp³-hybridized carbons (Fsp3) is 0.714. The Bertz CT molecular complexity index is 255. The molecule has 0 N–H and O–H groups in total. The fourth-order valence-corrected chi connectivity index (χ4v) is 0.619. The van der Waals surface area contributed by atoms with Crippen LogP contribution in [0, 0.1) is 0 Å². The van der Waals surface area contributed by atoms with E-state index in [0.717, 1.165) is 0 Å². The van der Waals surface area contributed by atoms with Gasteiger partial charge in [0.1, 0.15) is 0 Å². The number of rotatable bonds is 4. The highest BCUT2D eigenvalue weighted by atomic mass is 19.3. The summed E-state index contributed by atoms with van der Waals surface area (Å²) in [7, 11) is 0. The normalized spacial score (nSPS) is 15.3. The zero-order valence-electron chi connectivity index (χ0n) is 7.80.